The molecule has 0 amide bonds. The van der Waals surface area contributed by atoms with E-state index >= 15 is 0 Å². The Balaban J connectivity index is 2.34. The highest BCUT2D eigenvalue weighted by atomic mass is 79.9. The molecule has 3 nitrogen and oxygen atoms in total. The Morgan fingerprint density at radius 3 is 2.74 bits per heavy atom. The molecule has 19 heavy (non-hydrogen) atoms. The van der Waals surface area contributed by atoms with Crippen LogP contribution in [-0.4, -0.2) is 3.96 Å². The van der Waals surface area contributed by atoms with Gasteiger partial charge in [-0.15, -0.1) is 0 Å². The van der Waals surface area contributed by atoms with Crippen molar-refractivity contribution in [2.75, 3.05) is 5.73 Å². The van der Waals surface area contributed by atoms with Crippen LogP contribution in [0.25, 0.3) is 15.8 Å². The molecule has 0 saturated carbocycles. The number of benzene rings is 2. The molecular formula is C14H11BrN2OS. The normalized spacial score (nSPS) is 11.1. The summed E-state index contributed by atoms with van der Waals surface area (Å²) in [6.45, 7) is 1.94. The SMILES string of the molecule is Cc1cc(Br)c(-n2sc3ccccc3c2=O)cc1N. The van der Waals surface area contributed by atoms with Gasteiger partial charge in [-0.1, -0.05) is 23.7 Å². The van der Waals surface area contributed by atoms with Gasteiger partial charge in [0, 0.05) is 10.2 Å². The lowest BCUT2D eigenvalue weighted by atomic mass is 10.2. The van der Waals surface area contributed by atoms with E-state index in [2.05, 4.69) is 15.9 Å². The van der Waals surface area contributed by atoms with Crippen molar-refractivity contribution in [3.8, 4) is 5.69 Å². The van der Waals surface area contributed by atoms with Gasteiger partial charge in [-0.05, 0) is 52.7 Å². The lowest BCUT2D eigenvalue weighted by Crippen LogP contribution is -2.11. The fraction of sp³-hybridized carbons (Fsp3) is 0.0714. The largest absolute Gasteiger partial charge is 0.398 e. The van der Waals surface area contributed by atoms with Crippen LogP contribution in [0, 0.1) is 6.92 Å². The summed E-state index contributed by atoms with van der Waals surface area (Å²) >= 11 is 4.93. The zero-order valence-corrected chi connectivity index (χ0v) is 12.6. The number of halogens is 1. The van der Waals surface area contributed by atoms with Crippen molar-refractivity contribution in [3.05, 3.63) is 56.8 Å². The maximum atomic E-state index is 12.4. The van der Waals surface area contributed by atoms with E-state index in [1.54, 1.807) is 3.96 Å². The van der Waals surface area contributed by atoms with Crippen molar-refractivity contribution >= 4 is 43.2 Å². The summed E-state index contributed by atoms with van der Waals surface area (Å²) < 4.78 is 3.51. The molecule has 0 atom stereocenters. The van der Waals surface area contributed by atoms with Crippen molar-refractivity contribution in [2.45, 2.75) is 6.92 Å². The summed E-state index contributed by atoms with van der Waals surface area (Å²) in [6.07, 6.45) is 0. The molecule has 0 radical (unpaired) electrons. The van der Waals surface area contributed by atoms with Gasteiger partial charge in [-0.25, -0.2) is 3.96 Å². The highest BCUT2D eigenvalue weighted by Crippen LogP contribution is 2.29. The number of nitrogens with zero attached hydrogens (tertiary/aromatic N) is 1. The summed E-state index contributed by atoms with van der Waals surface area (Å²) in [4.78, 5) is 12.4. The van der Waals surface area contributed by atoms with E-state index in [0.717, 1.165) is 25.8 Å². The number of hydrogen-bond acceptors (Lipinski definition) is 3. The van der Waals surface area contributed by atoms with Gasteiger partial charge in [0.05, 0.1) is 15.8 Å². The molecule has 96 valence electrons. The molecule has 0 aliphatic carbocycles. The third kappa shape index (κ3) is 1.99. The fourth-order valence-electron chi connectivity index (χ4n) is 1.96. The lowest BCUT2D eigenvalue weighted by Gasteiger charge is -2.07. The highest BCUT2D eigenvalue weighted by Gasteiger charge is 2.12. The summed E-state index contributed by atoms with van der Waals surface area (Å²) in [7, 11) is 0. The van der Waals surface area contributed by atoms with Gasteiger partial charge in [0.2, 0.25) is 0 Å². The Morgan fingerprint density at radius 2 is 2.00 bits per heavy atom. The van der Waals surface area contributed by atoms with E-state index < -0.39 is 0 Å². The predicted octanol–water partition coefficient (Wildman–Crippen LogP) is 3.71. The van der Waals surface area contributed by atoms with Crippen LogP contribution in [0.4, 0.5) is 5.69 Å². The lowest BCUT2D eigenvalue weighted by molar-refractivity contribution is 1.13. The molecule has 1 heterocycles. The molecule has 0 unspecified atom stereocenters. The fourth-order valence-corrected chi connectivity index (χ4v) is 3.74. The second-order valence-electron chi connectivity index (χ2n) is 4.35. The Morgan fingerprint density at radius 1 is 1.26 bits per heavy atom. The molecule has 0 fully saturated rings. The van der Waals surface area contributed by atoms with Gasteiger partial charge in [-0.2, -0.15) is 0 Å². The number of nitrogens with two attached hydrogens (primary N) is 1. The predicted molar refractivity (Wildman–Crippen MR) is 84.3 cm³/mol. The number of aromatic nitrogens is 1. The first-order chi connectivity index (χ1) is 9.08. The Bertz CT molecular complexity index is 835. The maximum Gasteiger partial charge on any atom is 0.273 e. The molecule has 0 saturated heterocycles. The third-order valence-corrected chi connectivity index (χ3v) is 4.78. The topological polar surface area (TPSA) is 48.0 Å². The van der Waals surface area contributed by atoms with Crippen LogP contribution in [-0.2, 0) is 0 Å². The first-order valence-corrected chi connectivity index (χ1v) is 7.31. The van der Waals surface area contributed by atoms with Crippen molar-refractivity contribution in [1.82, 2.24) is 3.96 Å². The first-order valence-electron chi connectivity index (χ1n) is 5.75. The van der Waals surface area contributed by atoms with Crippen molar-refractivity contribution in [3.63, 3.8) is 0 Å². The average molecular weight is 335 g/mol. The molecule has 0 bridgehead atoms. The summed E-state index contributed by atoms with van der Waals surface area (Å²) in [5.74, 6) is 0. The standard InChI is InChI=1S/C14H11BrN2OS/c1-8-6-10(15)12(7-11(8)16)17-14(18)9-4-2-3-5-13(9)19-17/h2-7H,16H2,1H3. The molecule has 3 aromatic rings. The van der Waals surface area contributed by atoms with Crippen molar-refractivity contribution < 1.29 is 0 Å². The van der Waals surface area contributed by atoms with Crippen LogP contribution in [0.2, 0.25) is 0 Å². The minimum atomic E-state index is -0.00967. The van der Waals surface area contributed by atoms with Crippen LogP contribution in [0.3, 0.4) is 0 Å². The molecule has 5 heteroatoms. The van der Waals surface area contributed by atoms with E-state index in [4.69, 9.17) is 5.73 Å². The van der Waals surface area contributed by atoms with Gasteiger partial charge in [0.25, 0.3) is 5.56 Å². The molecule has 0 aliphatic rings. The van der Waals surface area contributed by atoms with E-state index in [1.807, 2.05) is 43.3 Å². The van der Waals surface area contributed by atoms with E-state index in [0.29, 0.717) is 5.69 Å². The van der Waals surface area contributed by atoms with Gasteiger partial charge in [-0.3, -0.25) is 4.79 Å². The number of fused-ring (bicyclic) bond motifs is 1. The minimum Gasteiger partial charge on any atom is -0.398 e. The van der Waals surface area contributed by atoms with Crippen LogP contribution in [0.5, 0.6) is 0 Å². The van der Waals surface area contributed by atoms with Crippen LogP contribution in [0.15, 0.2) is 45.7 Å². The molecule has 2 aromatic carbocycles. The number of anilines is 1. The first kappa shape index (κ1) is 12.4. The maximum absolute atomic E-state index is 12.4. The van der Waals surface area contributed by atoms with Gasteiger partial charge >= 0.3 is 0 Å². The van der Waals surface area contributed by atoms with Crippen LogP contribution in [0.1, 0.15) is 5.56 Å². The quantitative estimate of drug-likeness (QED) is 0.689. The minimum absolute atomic E-state index is 0.00967. The van der Waals surface area contributed by atoms with Gasteiger partial charge < -0.3 is 5.73 Å². The van der Waals surface area contributed by atoms with Gasteiger partial charge in [0.15, 0.2) is 0 Å². The summed E-state index contributed by atoms with van der Waals surface area (Å²) in [5.41, 5.74) is 8.39. The molecule has 2 N–H and O–H groups in total. The average Bonchev–Trinajstić information content (AvgIpc) is 2.72. The van der Waals surface area contributed by atoms with Crippen molar-refractivity contribution in [2.24, 2.45) is 0 Å². The molecule has 3 rings (SSSR count). The number of hydrogen-bond donors (Lipinski definition) is 1. The third-order valence-electron chi connectivity index (χ3n) is 3.05. The van der Waals surface area contributed by atoms with E-state index in [-0.39, 0.29) is 5.56 Å². The zero-order chi connectivity index (χ0) is 13.6. The number of rotatable bonds is 1. The second kappa shape index (κ2) is 4.51. The Labute approximate surface area is 122 Å². The molecule has 0 spiro atoms. The summed E-state index contributed by atoms with van der Waals surface area (Å²) in [5, 5.41) is 0.735. The molecule has 1 aromatic heterocycles. The Kier molecular flexibility index (Phi) is 2.95. The number of nitrogen functional groups attached to an aromatic ring is 1. The zero-order valence-electron chi connectivity index (χ0n) is 10.2. The van der Waals surface area contributed by atoms with Gasteiger partial charge in [0.1, 0.15) is 0 Å². The second-order valence-corrected chi connectivity index (χ2v) is 6.19. The summed E-state index contributed by atoms with van der Waals surface area (Å²) in [6, 6.07) is 11.4. The monoisotopic (exact) mass is 334 g/mol. The van der Waals surface area contributed by atoms with E-state index in [9.17, 15) is 4.79 Å². The number of aryl methyl sites for hydroxylation is 1. The van der Waals surface area contributed by atoms with E-state index in [1.165, 1.54) is 11.5 Å². The highest BCUT2D eigenvalue weighted by molar-refractivity contribution is 9.10. The van der Waals surface area contributed by atoms with Crippen LogP contribution < -0.4 is 11.3 Å². The molecular weight excluding hydrogens is 324 g/mol. The molecule has 0 aliphatic heterocycles. The van der Waals surface area contributed by atoms with Crippen LogP contribution >= 0.6 is 27.5 Å². The smallest absolute Gasteiger partial charge is 0.273 e. The van der Waals surface area contributed by atoms with Crippen molar-refractivity contribution in [1.29, 1.82) is 0 Å². The Hall–Kier alpha value is -1.59.